The number of nitrogens with one attached hydrogen (secondary N) is 1. The van der Waals surface area contributed by atoms with Gasteiger partial charge in [-0.05, 0) is 60.5 Å². The van der Waals surface area contributed by atoms with E-state index in [1.807, 2.05) is 30.3 Å². The first-order chi connectivity index (χ1) is 14.1. The first-order valence-corrected chi connectivity index (χ1v) is 10.1. The number of benzene rings is 2. The Morgan fingerprint density at radius 2 is 2.03 bits per heavy atom. The van der Waals surface area contributed by atoms with Gasteiger partial charge >= 0.3 is 0 Å². The zero-order valence-corrected chi connectivity index (χ0v) is 17.8. The minimum atomic E-state index is 0.484. The number of nitrogens with zero attached hydrogens (tertiary/aromatic N) is 3. The van der Waals surface area contributed by atoms with Gasteiger partial charge in [0.2, 0.25) is 4.77 Å². The van der Waals surface area contributed by atoms with Gasteiger partial charge in [0.1, 0.15) is 6.61 Å². The van der Waals surface area contributed by atoms with Crippen molar-refractivity contribution in [2.75, 3.05) is 7.11 Å². The summed E-state index contributed by atoms with van der Waals surface area (Å²) in [6.07, 6.45) is 4.70. The highest BCUT2D eigenvalue weighted by molar-refractivity contribution is 7.71. The number of hydrogen-bond acceptors (Lipinski definition) is 5. The summed E-state index contributed by atoms with van der Waals surface area (Å²) in [6, 6.07) is 13.9. The molecule has 0 aliphatic rings. The van der Waals surface area contributed by atoms with Crippen molar-refractivity contribution in [2.45, 2.75) is 39.7 Å². The number of H-pyrrole nitrogens is 1. The van der Waals surface area contributed by atoms with Crippen LogP contribution >= 0.6 is 12.2 Å². The average Bonchev–Trinajstić information content (AvgIpc) is 3.09. The van der Waals surface area contributed by atoms with Crippen LogP contribution in [-0.4, -0.2) is 28.2 Å². The molecule has 2 aromatic carbocycles. The van der Waals surface area contributed by atoms with Gasteiger partial charge in [0.15, 0.2) is 17.3 Å². The minimum absolute atomic E-state index is 0.484. The highest BCUT2D eigenvalue weighted by Gasteiger charge is 2.08. The van der Waals surface area contributed by atoms with Crippen LogP contribution in [0.15, 0.2) is 47.6 Å². The molecule has 0 amide bonds. The standard InChI is InChI=1S/C22H26N4O2S/c1-4-5-10-21-24-25-22(29)26(21)23-14-17-11-12-19(20(13-17)27-3)28-15-18-9-7-6-8-16(18)2/h6-9,11-14H,4-5,10,15H2,1-3H3,(H,25,29)/b23-14-. The molecule has 3 rings (SSSR count). The lowest BCUT2D eigenvalue weighted by atomic mass is 10.1. The summed E-state index contributed by atoms with van der Waals surface area (Å²) in [7, 11) is 1.63. The Balaban J connectivity index is 1.75. The third-order valence-electron chi connectivity index (χ3n) is 4.63. The fourth-order valence-electron chi connectivity index (χ4n) is 2.88. The highest BCUT2D eigenvalue weighted by Crippen LogP contribution is 2.28. The second kappa shape index (κ2) is 10.0. The van der Waals surface area contributed by atoms with Crippen molar-refractivity contribution >= 4 is 18.4 Å². The lowest BCUT2D eigenvalue weighted by Crippen LogP contribution is -2.01. The quantitative estimate of drug-likeness (QED) is 0.395. The average molecular weight is 411 g/mol. The summed E-state index contributed by atoms with van der Waals surface area (Å²) >= 11 is 5.29. The Morgan fingerprint density at radius 3 is 2.79 bits per heavy atom. The molecule has 0 unspecified atom stereocenters. The largest absolute Gasteiger partial charge is 0.493 e. The van der Waals surface area contributed by atoms with Crippen LogP contribution in [0.2, 0.25) is 0 Å². The first-order valence-electron chi connectivity index (χ1n) is 9.68. The maximum Gasteiger partial charge on any atom is 0.216 e. The van der Waals surface area contributed by atoms with Crippen LogP contribution in [0.1, 0.15) is 42.3 Å². The maximum atomic E-state index is 5.98. The van der Waals surface area contributed by atoms with Gasteiger partial charge in [-0.3, -0.25) is 5.10 Å². The summed E-state index contributed by atoms with van der Waals surface area (Å²) in [5, 5.41) is 11.6. The molecule has 0 atom stereocenters. The molecular weight excluding hydrogens is 384 g/mol. The lowest BCUT2D eigenvalue weighted by molar-refractivity contribution is 0.284. The van der Waals surface area contributed by atoms with E-state index in [4.69, 9.17) is 21.7 Å². The Kier molecular flexibility index (Phi) is 7.19. The van der Waals surface area contributed by atoms with Crippen molar-refractivity contribution in [1.29, 1.82) is 0 Å². The van der Waals surface area contributed by atoms with Crippen molar-refractivity contribution < 1.29 is 9.47 Å². The number of aromatic amines is 1. The number of rotatable bonds is 9. The van der Waals surface area contributed by atoms with Gasteiger partial charge in [0.25, 0.3) is 0 Å². The second-order valence-corrected chi connectivity index (χ2v) is 7.12. The minimum Gasteiger partial charge on any atom is -0.493 e. The number of unbranched alkanes of at least 4 members (excludes halogenated alkanes) is 1. The van der Waals surface area contributed by atoms with Gasteiger partial charge in [-0.15, -0.1) is 0 Å². The van der Waals surface area contributed by atoms with E-state index in [0.29, 0.717) is 22.9 Å². The predicted octanol–water partition coefficient (Wildman–Crippen LogP) is 5.06. The molecule has 1 aromatic heterocycles. The molecule has 0 saturated carbocycles. The van der Waals surface area contributed by atoms with Gasteiger partial charge in [-0.2, -0.15) is 14.9 Å². The number of aromatic nitrogens is 3. The van der Waals surface area contributed by atoms with Gasteiger partial charge < -0.3 is 9.47 Å². The third kappa shape index (κ3) is 5.32. The van der Waals surface area contributed by atoms with E-state index in [1.165, 1.54) is 5.56 Å². The molecule has 0 aliphatic carbocycles. The molecule has 0 saturated heterocycles. The van der Waals surface area contributed by atoms with Crippen molar-refractivity contribution in [3.8, 4) is 11.5 Å². The molecule has 1 N–H and O–H groups in total. The molecule has 0 spiro atoms. The molecule has 0 aliphatic heterocycles. The van der Waals surface area contributed by atoms with E-state index in [9.17, 15) is 0 Å². The van der Waals surface area contributed by atoms with Crippen LogP contribution in [0, 0.1) is 11.7 Å². The monoisotopic (exact) mass is 410 g/mol. The topological polar surface area (TPSA) is 64.4 Å². The lowest BCUT2D eigenvalue weighted by Gasteiger charge is -2.12. The van der Waals surface area contributed by atoms with Gasteiger partial charge in [0.05, 0.1) is 13.3 Å². The molecule has 152 valence electrons. The van der Waals surface area contributed by atoms with E-state index in [0.717, 1.165) is 36.2 Å². The summed E-state index contributed by atoms with van der Waals surface area (Å²) in [4.78, 5) is 0. The molecule has 3 aromatic rings. The SMILES string of the molecule is CCCCc1n[nH]c(=S)n1/N=C\c1ccc(OCc2ccccc2C)c(OC)c1. The number of aryl methyl sites for hydroxylation is 2. The molecule has 29 heavy (non-hydrogen) atoms. The van der Waals surface area contributed by atoms with Crippen molar-refractivity contribution in [2.24, 2.45) is 5.10 Å². The smallest absolute Gasteiger partial charge is 0.216 e. The molecule has 0 bridgehead atoms. The molecular formula is C22H26N4O2S. The van der Waals surface area contributed by atoms with Crippen molar-refractivity contribution in [1.82, 2.24) is 14.9 Å². The highest BCUT2D eigenvalue weighted by atomic mass is 32.1. The summed E-state index contributed by atoms with van der Waals surface area (Å²) in [6.45, 7) is 4.70. The Hall–Kier alpha value is -2.93. The van der Waals surface area contributed by atoms with E-state index in [1.54, 1.807) is 18.0 Å². The second-order valence-electron chi connectivity index (χ2n) is 6.73. The van der Waals surface area contributed by atoms with Crippen molar-refractivity contribution in [3.05, 3.63) is 69.8 Å². The zero-order valence-electron chi connectivity index (χ0n) is 17.0. The van der Waals surface area contributed by atoms with Crippen LogP contribution in [-0.2, 0) is 13.0 Å². The van der Waals surface area contributed by atoms with Crippen LogP contribution < -0.4 is 9.47 Å². The van der Waals surface area contributed by atoms with Crippen LogP contribution in [0.5, 0.6) is 11.5 Å². The maximum absolute atomic E-state index is 5.98. The predicted molar refractivity (Wildman–Crippen MR) is 118 cm³/mol. The van der Waals surface area contributed by atoms with Gasteiger partial charge in [-0.25, -0.2) is 0 Å². The van der Waals surface area contributed by atoms with Crippen LogP contribution in [0.4, 0.5) is 0 Å². The molecule has 6 nitrogen and oxygen atoms in total. The fourth-order valence-corrected chi connectivity index (χ4v) is 3.07. The first kappa shape index (κ1) is 20.8. The zero-order chi connectivity index (χ0) is 20.6. The summed E-state index contributed by atoms with van der Waals surface area (Å²) in [5.41, 5.74) is 3.23. The van der Waals surface area contributed by atoms with E-state index < -0.39 is 0 Å². The third-order valence-corrected chi connectivity index (χ3v) is 4.89. The summed E-state index contributed by atoms with van der Waals surface area (Å²) in [5.74, 6) is 2.18. The molecule has 7 heteroatoms. The Bertz CT molecular complexity index is 1040. The van der Waals surface area contributed by atoms with Gasteiger partial charge in [0, 0.05) is 6.42 Å². The number of methoxy groups -OCH3 is 1. The number of hydrogen-bond donors (Lipinski definition) is 1. The van der Waals surface area contributed by atoms with E-state index in [2.05, 4.69) is 41.3 Å². The Morgan fingerprint density at radius 1 is 1.21 bits per heavy atom. The summed E-state index contributed by atoms with van der Waals surface area (Å²) < 4.78 is 13.6. The normalized spacial score (nSPS) is 11.1. The van der Waals surface area contributed by atoms with E-state index in [-0.39, 0.29) is 0 Å². The fraction of sp³-hybridized carbons (Fsp3) is 0.318. The van der Waals surface area contributed by atoms with E-state index >= 15 is 0 Å². The molecule has 0 radical (unpaired) electrons. The van der Waals surface area contributed by atoms with Crippen LogP contribution in [0.3, 0.4) is 0 Å². The van der Waals surface area contributed by atoms with Crippen LogP contribution in [0.25, 0.3) is 0 Å². The van der Waals surface area contributed by atoms with Gasteiger partial charge in [-0.1, -0.05) is 37.6 Å². The molecule has 0 fully saturated rings. The van der Waals surface area contributed by atoms with Crippen molar-refractivity contribution in [3.63, 3.8) is 0 Å². The molecule has 1 heterocycles. The Labute approximate surface area is 176 Å². The number of ether oxygens (including phenoxy) is 2.